The van der Waals surface area contributed by atoms with Crippen LogP contribution in [0, 0.1) is 0 Å². The topological polar surface area (TPSA) is 90.7 Å². The van der Waals surface area contributed by atoms with E-state index in [4.69, 9.17) is 23.9 Å². The van der Waals surface area contributed by atoms with E-state index >= 15 is 0 Å². The monoisotopic (exact) mass is 623 g/mol. The van der Waals surface area contributed by atoms with Crippen molar-refractivity contribution < 1.29 is 23.7 Å². The fourth-order valence-electron chi connectivity index (χ4n) is 6.55. The molecule has 3 aliphatic heterocycles. The smallest absolute Gasteiger partial charge is 0.256 e. The SMILES string of the molecule is COc1cc2c(cc1OCCCCCn1c(COc3ccccc3)nc3ccc(N4CCOCC4)cc31)N=C[C@@H]1CCCN1C2=O. The number of anilines is 1. The van der Waals surface area contributed by atoms with Crippen LogP contribution in [0.15, 0.2) is 65.7 Å². The number of nitrogens with zero attached hydrogens (tertiary/aromatic N) is 5. The van der Waals surface area contributed by atoms with Gasteiger partial charge in [0.2, 0.25) is 0 Å². The highest BCUT2D eigenvalue weighted by atomic mass is 16.5. The lowest BCUT2D eigenvalue weighted by Crippen LogP contribution is -2.36. The van der Waals surface area contributed by atoms with Crippen LogP contribution in [0.2, 0.25) is 0 Å². The highest BCUT2D eigenvalue weighted by molar-refractivity contribution is 6.03. The van der Waals surface area contributed by atoms with Gasteiger partial charge < -0.3 is 33.3 Å². The molecule has 3 aliphatic rings. The summed E-state index contributed by atoms with van der Waals surface area (Å²) in [6.45, 7) is 5.80. The van der Waals surface area contributed by atoms with Crippen LogP contribution in [0.1, 0.15) is 48.3 Å². The maximum atomic E-state index is 13.2. The van der Waals surface area contributed by atoms with E-state index in [1.807, 2.05) is 47.5 Å². The van der Waals surface area contributed by atoms with Crippen molar-refractivity contribution in [2.24, 2.45) is 4.99 Å². The normalized spacial score (nSPS) is 17.6. The van der Waals surface area contributed by atoms with Crippen LogP contribution in [-0.2, 0) is 17.9 Å². The summed E-state index contributed by atoms with van der Waals surface area (Å²) in [6, 6.07) is 20.1. The molecule has 0 bridgehead atoms. The van der Waals surface area contributed by atoms with Gasteiger partial charge in [-0.2, -0.15) is 0 Å². The molecule has 10 heteroatoms. The Bertz CT molecular complexity index is 1700. The minimum atomic E-state index is 0.0116. The Kier molecular flexibility index (Phi) is 9.05. The van der Waals surface area contributed by atoms with Crippen LogP contribution in [-0.4, -0.2) is 79.2 Å². The summed E-state index contributed by atoms with van der Waals surface area (Å²) in [5, 5.41) is 0. The number of unbranched alkanes of at least 4 members (excludes halogenated alkanes) is 2. The van der Waals surface area contributed by atoms with Gasteiger partial charge in [-0.25, -0.2) is 4.98 Å². The second-order valence-electron chi connectivity index (χ2n) is 12.0. The van der Waals surface area contributed by atoms with Crippen molar-refractivity contribution >= 4 is 34.5 Å². The van der Waals surface area contributed by atoms with Gasteiger partial charge in [-0.3, -0.25) is 9.79 Å². The molecule has 240 valence electrons. The van der Waals surface area contributed by atoms with E-state index in [-0.39, 0.29) is 11.9 Å². The van der Waals surface area contributed by atoms with Gasteiger partial charge in [0.25, 0.3) is 5.91 Å². The number of fused-ring (bicyclic) bond motifs is 3. The molecule has 4 aromatic rings. The van der Waals surface area contributed by atoms with Crippen molar-refractivity contribution in [1.82, 2.24) is 14.5 Å². The zero-order valence-corrected chi connectivity index (χ0v) is 26.4. The molecule has 1 amide bonds. The second-order valence-corrected chi connectivity index (χ2v) is 12.0. The Balaban J connectivity index is 1.01. The average Bonchev–Trinajstić information content (AvgIpc) is 3.69. The van der Waals surface area contributed by atoms with Gasteiger partial charge in [-0.15, -0.1) is 0 Å². The third-order valence-corrected chi connectivity index (χ3v) is 9.04. The van der Waals surface area contributed by atoms with Crippen LogP contribution in [0.3, 0.4) is 0 Å². The fourth-order valence-corrected chi connectivity index (χ4v) is 6.55. The first kappa shape index (κ1) is 30.1. The summed E-state index contributed by atoms with van der Waals surface area (Å²) >= 11 is 0. The van der Waals surface area contributed by atoms with Gasteiger partial charge in [-0.1, -0.05) is 18.2 Å². The first-order valence-electron chi connectivity index (χ1n) is 16.4. The fraction of sp³-hybridized carbons (Fsp3) is 0.417. The number of morpholine rings is 1. The first-order chi connectivity index (χ1) is 22.7. The highest BCUT2D eigenvalue weighted by Crippen LogP contribution is 2.38. The van der Waals surface area contributed by atoms with Crippen molar-refractivity contribution in [2.75, 3.05) is 51.5 Å². The lowest BCUT2D eigenvalue weighted by molar-refractivity contribution is 0.0774. The summed E-state index contributed by atoms with van der Waals surface area (Å²) in [7, 11) is 1.61. The number of aromatic nitrogens is 2. The maximum Gasteiger partial charge on any atom is 0.256 e. The van der Waals surface area contributed by atoms with Gasteiger partial charge >= 0.3 is 0 Å². The number of carbonyl (C=O) groups is 1. The number of amides is 1. The Hall–Kier alpha value is -4.57. The number of ether oxygens (including phenoxy) is 4. The number of para-hydroxylation sites is 1. The minimum absolute atomic E-state index is 0.0116. The molecular formula is C36H41N5O5. The molecule has 10 nitrogen and oxygen atoms in total. The van der Waals surface area contributed by atoms with Gasteiger partial charge in [0.15, 0.2) is 11.5 Å². The number of carbonyl (C=O) groups excluding carboxylic acids is 1. The summed E-state index contributed by atoms with van der Waals surface area (Å²) in [4.78, 5) is 27.1. The highest BCUT2D eigenvalue weighted by Gasteiger charge is 2.32. The number of benzene rings is 3. The van der Waals surface area contributed by atoms with Gasteiger partial charge in [0, 0.05) is 44.1 Å². The van der Waals surface area contributed by atoms with Crippen molar-refractivity contribution in [1.29, 1.82) is 0 Å². The van der Waals surface area contributed by atoms with Gasteiger partial charge in [0.05, 0.1) is 55.3 Å². The summed E-state index contributed by atoms with van der Waals surface area (Å²) in [5.74, 6) is 2.93. The molecule has 0 radical (unpaired) electrons. The zero-order valence-electron chi connectivity index (χ0n) is 26.4. The van der Waals surface area contributed by atoms with Crippen LogP contribution >= 0.6 is 0 Å². The second kappa shape index (κ2) is 13.8. The number of hydrogen-bond acceptors (Lipinski definition) is 8. The molecule has 1 atom stereocenters. The Morgan fingerprint density at radius 2 is 1.80 bits per heavy atom. The van der Waals surface area contributed by atoms with Crippen LogP contribution < -0.4 is 19.1 Å². The number of methoxy groups -OCH3 is 1. The minimum Gasteiger partial charge on any atom is -0.493 e. The van der Waals surface area contributed by atoms with E-state index in [1.165, 1.54) is 5.69 Å². The predicted molar refractivity (Wildman–Crippen MR) is 178 cm³/mol. The first-order valence-corrected chi connectivity index (χ1v) is 16.4. The van der Waals surface area contributed by atoms with E-state index in [1.54, 1.807) is 13.2 Å². The van der Waals surface area contributed by atoms with Crippen molar-refractivity contribution in [3.05, 3.63) is 72.1 Å². The molecule has 3 aromatic carbocycles. The Labute approximate surface area is 269 Å². The van der Waals surface area contributed by atoms with Crippen molar-refractivity contribution in [3.63, 3.8) is 0 Å². The molecule has 46 heavy (non-hydrogen) atoms. The Morgan fingerprint density at radius 3 is 2.65 bits per heavy atom. The van der Waals surface area contributed by atoms with Crippen molar-refractivity contribution in [2.45, 2.75) is 51.3 Å². The van der Waals surface area contributed by atoms with E-state index in [9.17, 15) is 4.79 Å². The van der Waals surface area contributed by atoms with Crippen molar-refractivity contribution in [3.8, 4) is 17.2 Å². The third kappa shape index (κ3) is 6.39. The molecule has 4 heterocycles. The molecule has 2 saturated heterocycles. The van der Waals surface area contributed by atoms with Crippen LogP contribution in [0.5, 0.6) is 17.2 Å². The molecular weight excluding hydrogens is 582 g/mol. The largest absolute Gasteiger partial charge is 0.493 e. The van der Waals surface area contributed by atoms with E-state index < -0.39 is 0 Å². The number of imidazole rings is 1. The summed E-state index contributed by atoms with van der Waals surface area (Å²) in [6.07, 6.45) is 6.67. The summed E-state index contributed by atoms with van der Waals surface area (Å²) in [5.41, 5.74) is 4.51. The quantitative estimate of drug-likeness (QED) is 0.178. The van der Waals surface area contributed by atoms with E-state index in [0.717, 1.165) is 94.1 Å². The molecule has 2 fully saturated rings. The lowest BCUT2D eigenvalue weighted by atomic mass is 10.1. The summed E-state index contributed by atoms with van der Waals surface area (Å²) < 4.78 is 25.8. The maximum absolute atomic E-state index is 13.2. The lowest BCUT2D eigenvalue weighted by Gasteiger charge is -2.28. The molecule has 0 saturated carbocycles. The van der Waals surface area contributed by atoms with E-state index in [2.05, 4.69) is 32.7 Å². The molecule has 0 unspecified atom stereocenters. The van der Waals surface area contributed by atoms with Gasteiger partial charge in [0.1, 0.15) is 18.2 Å². The van der Waals surface area contributed by atoms with Crippen LogP contribution in [0.25, 0.3) is 11.0 Å². The molecule has 1 aromatic heterocycles. The number of hydrogen-bond donors (Lipinski definition) is 0. The molecule has 0 N–H and O–H groups in total. The number of aryl methyl sites for hydroxylation is 1. The number of aliphatic imine (C=N–C) groups is 1. The Morgan fingerprint density at radius 1 is 0.935 bits per heavy atom. The molecule has 0 aliphatic carbocycles. The molecule has 0 spiro atoms. The number of rotatable bonds is 12. The average molecular weight is 624 g/mol. The van der Waals surface area contributed by atoms with E-state index in [0.29, 0.717) is 36.0 Å². The van der Waals surface area contributed by atoms with Gasteiger partial charge in [-0.05, 0) is 68.5 Å². The third-order valence-electron chi connectivity index (χ3n) is 9.04. The predicted octanol–water partition coefficient (Wildman–Crippen LogP) is 6.03. The standard InChI is InChI=1S/C36H41N5O5/c1-43-33-22-29-31(37-24-27-9-8-15-40(27)36(29)42)23-34(33)45-18-7-3-6-14-41-32-21-26(39-16-19-44-20-17-39)12-13-30(32)38-35(41)25-46-28-10-4-2-5-11-28/h2,4-5,10-13,21-24,27H,3,6-9,14-20,25H2,1H3/t27-/m0/s1. The molecule has 7 rings (SSSR count). The zero-order chi connectivity index (χ0) is 31.3. The van der Waals surface area contributed by atoms with Crippen LogP contribution in [0.4, 0.5) is 11.4 Å².